The average molecular weight is 546 g/mol. The number of rotatable bonds is 8. The van der Waals surface area contributed by atoms with Crippen LogP contribution in [0.25, 0.3) is 16.3 Å². The van der Waals surface area contributed by atoms with E-state index in [1.165, 1.54) is 23.1 Å². The van der Waals surface area contributed by atoms with Crippen LogP contribution < -0.4 is 10.1 Å². The summed E-state index contributed by atoms with van der Waals surface area (Å²) in [4.78, 5) is 29.0. The van der Waals surface area contributed by atoms with Gasteiger partial charge >= 0.3 is 0 Å². The first-order chi connectivity index (χ1) is 17.3. The van der Waals surface area contributed by atoms with E-state index >= 15 is 0 Å². The highest BCUT2D eigenvalue weighted by atomic mass is 35.5. The molecule has 0 spiro atoms. The van der Waals surface area contributed by atoms with Gasteiger partial charge in [0.15, 0.2) is 11.4 Å². The van der Waals surface area contributed by atoms with Crippen molar-refractivity contribution in [1.29, 1.82) is 5.26 Å². The smallest absolute Gasteiger partial charge is 0.294 e. The van der Waals surface area contributed by atoms with Crippen molar-refractivity contribution >= 4 is 40.4 Å². The fourth-order valence-electron chi connectivity index (χ4n) is 3.31. The Morgan fingerprint density at radius 1 is 1.36 bits per heavy atom. The molecule has 1 N–H and O–H groups in total. The number of amides is 1. The van der Waals surface area contributed by atoms with Crippen LogP contribution in [0.15, 0.2) is 30.3 Å². The third-order valence-electron chi connectivity index (χ3n) is 5.19. The minimum atomic E-state index is -0.894. The molecule has 0 saturated heterocycles. The van der Waals surface area contributed by atoms with Gasteiger partial charge in [-0.25, -0.2) is 4.68 Å². The average Bonchev–Trinajstić information content (AvgIpc) is 3.28. The van der Waals surface area contributed by atoms with Gasteiger partial charge < -0.3 is 14.9 Å². The van der Waals surface area contributed by atoms with Crippen molar-refractivity contribution in [2.45, 2.75) is 24.8 Å². The molecule has 1 amide bonds. The van der Waals surface area contributed by atoms with Crippen LogP contribution >= 0.6 is 34.5 Å². The third-order valence-corrected chi connectivity index (χ3v) is 6.74. The second-order valence-electron chi connectivity index (χ2n) is 7.66. The summed E-state index contributed by atoms with van der Waals surface area (Å²) >= 11 is 13.8. The molecule has 1 fully saturated rings. The van der Waals surface area contributed by atoms with Gasteiger partial charge in [0.1, 0.15) is 17.8 Å². The van der Waals surface area contributed by atoms with Crippen LogP contribution in [-0.2, 0) is 4.84 Å². The Kier molecular flexibility index (Phi) is 7.36. The summed E-state index contributed by atoms with van der Waals surface area (Å²) in [5.74, 6) is 5.42. The van der Waals surface area contributed by atoms with Crippen molar-refractivity contribution in [3.05, 3.63) is 61.1 Å². The largest absolute Gasteiger partial charge is 0.492 e. The van der Waals surface area contributed by atoms with E-state index in [0.29, 0.717) is 44.0 Å². The van der Waals surface area contributed by atoms with Crippen LogP contribution in [0.4, 0.5) is 0 Å². The number of halogens is 2. The lowest BCUT2D eigenvalue weighted by Crippen LogP contribution is -2.36. The van der Waals surface area contributed by atoms with Gasteiger partial charge in [-0.15, -0.1) is 21.5 Å². The maximum absolute atomic E-state index is 13.1. The molecule has 10 nitrogen and oxygen atoms in total. The zero-order valence-electron chi connectivity index (χ0n) is 18.7. The molecule has 4 rings (SSSR count). The van der Waals surface area contributed by atoms with Gasteiger partial charge in [0.2, 0.25) is 0 Å². The Labute approximate surface area is 219 Å². The van der Waals surface area contributed by atoms with Gasteiger partial charge in [-0.05, 0) is 43.2 Å². The van der Waals surface area contributed by atoms with Crippen molar-refractivity contribution in [2.24, 2.45) is 0 Å². The third kappa shape index (κ3) is 5.39. The van der Waals surface area contributed by atoms with E-state index in [2.05, 4.69) is 33.2 Å². The lowest BCUT2D eigenvalue weighted by molar-refractivity contribution is -0.757. The molecule has 1 aliphatic rings. The fraction of sp³-hybridized carbons (Fsp3) is 0.261. The number of carbonyl (C=O) groups excluding carboxylic acids is 1. The number of hydrogen-bond acceptors (Lipinski definition) is 8. The molecule has 0 unspecified atom stereocenters. The van der Waals surface area contributed by atoms with Crippen molar-refractivity contribution in [2.75, 3.05) is 13.7 Å². The molecule has 1 saturated carbocycles. The highest BCUT2D eigenvalue weighted by Crippen LogP contribution is 2.41. The van der Waals surface area contributed by atoms with E-state index in [1.54, 1.807) is 30.3 Å². The number of carbonyl (C=O) groups is 1. The van der Waals surface area contributed by atoms with Gasteiger partial charge in [0, 0.05) is 11.4 Å². The first-order valence-electron chi connectivity index (χ1n) is 10.5. The molecule has 0 bridgehead atoms. The summed E-state index contributed by atoms with van der Waals surface area (Å²) in [6.45, 7) is -0.128. The molecule has 2 heterocycles. The first-order valence-corrected chi connectivity index (χ1v) is 12.1. The van der Waals surface area contributed by atoms with E-state index in [9.17, 15) is 20.2 Å². The Morgan fingerprint density at radius 2 is 2.14 bits per heavy atom. The van der Waals surface area contributed by atoms with Crippen molar-refractivity contribution < 1.29 is 19.5 Å². The number of nitrogens with zero attached hydrogens (tertiary/aromatic N) is 4. The lowest BCUT2D eigenvalue weighted by atomic mass is 10.2. The van der Waals surface area contributed by atoms with E-state index in [0.717, 1.165) is 0 Å². The topological polar surface area (TPSA) is 132 Å². The molecule has 2 aromatic heterocycles. The predicted molar refractivity (Wildman–Crippen MR) is 133 cm³/mol. The van der Waals surface area contributed by atoms with Crippen LogP contribution in [0, 0.1) is 33.3 Å². The number of benzene rings is 1. The second kappa shape index (κ2) is 10.5. The van der Waals surface area contributed by atoms with Crippen LogP contribution in [0.3, 0.4) is 0 Å². The number of ether oxygens (including phenoxy) is 1. The van der Waals surface area contributed by atoms with Crippen LogP contribution in [0.2, 0.25) is 10.0 Å². The molecule has 1 aromatic carbocycles. The Balaban J connectivity index is 1.76. The number of nitriles is 1. The van der Waals surface area contributed by atoms with E-state index in [-0.39, 0.29) is 24.5 Å². The molecule has 184 valence electrons. The van der Waals surface area contributed by atoms with Crippen molar-refractivity contribution in [1.82, 2.24) is 15.1 Å². The SMILES string of the molecule is COc1c(C(=O)NC2(C#N)CC2)nn(-c2ccc(Cl)cc2Cl)c1-c1ccc(C#CCCO[N+](=O)[O-])s1. The lowest BCUT2D eigenvalue weighted by Gasteiger charge is -2.09. The van der Waals surface area contributed by atoms with Crippen LogP contribution in [0.5, 0.6) is 5.75 Å². The van der Waals surface area contributed by atoms with Gasteiger partial charge in [0.25, 0.3) is 11.0 Å². The fourth-order valence-corrected chi connectivity index (χ4v) is 4.71. The summed E-state index contributed by atoms with van der Waals surface area (Å²) in [5.41, 5.74) is 0.0309. The maximum Gasteiger partial charge on any atom is 0.294 e. The van der Waals surface area contributed by atoms with Crippen LogP contribution in [0.1, 0.15) is 34.6 Å². The molecule has 36 heavy (non-hydrogen) atoms. The predicted octanol–water partition coefficient (Wildman–Crippen LogP) is 4.65. The van der Waals surface area contributed by atoms with E-state index in [4.69, 9.17) is 27.9 Å². The Morgan fingerprint density at radius 3 is 2.78 bits per heavy atom. The number of nitrogens with one attached hydrogen (secondary N) is 1. The van der Waals surface area contributed by atoms with Gasteiger partial charge in [-0.3, -0.25) is 4.79 Å². The molecule has 13 heteroatoms. The van der Waals surface area contributed by atoms with E-state index in [1.807, 2.05) is 0 Å². The standard InChI is InChI=1S/C23H17Cl2N5O5S/c1-34-21-19(22(31)27-23(13-26)9-10-23)28-29(17-7-5-14(24)12-16(17)25)20(21)18-8-6-15(36-18)4-2-3-11-35-30(32)33/h5-8,12H,3,9-11H2,1H3,(H,27,31). The Hall–Kier alpha value is -3.77. The van der Waals surface area contributed by atoms with Gasteiger partial charge in [-0.2, -0.15) is 10.4 Å². The highest BCUT2D eigenvalue weighted by Gasteiger charge is 2.45. The molecule has 0 radical (unpaired) electrons. The number of aromatic nitrogens is 2. The van der Waals surface area contributed by atoms with Crippen molar-refractivity contribution in [3.8, 4) is 39.9 Å². The quantitative estimate of drug-likeness (QED) is 0.188. The molecule has 0 atom stereocenters. The Bertz CT molecular complexity index is 1450. The molecule has 3 aromatic rings. The van der Waals surface area contributed by atoms with Gasteiger partial charge in [0.05, 0.1) is 33.6 Å². The maximum atomic E-state index is 13.1. The summed E-state index contributed by atoms with van der Waals surface area (Å²) in [5, 5.41) is 26.8. The zero-order valence-corrected chi connectivity index (χ0v) is 21.0. The minimum Gasteiger partial charge on any atom is -0.492 e. The highest BCUT2D eigenvalue weighted by molar-refractivity contribution is 7.16. The number of thiophene rings is 1. The van der Waals surface area contributed by atoms with E-state index < -0.39 is 16.5 Å². The monoisotopic (exact) mass is 545 g/mol. The summed E-state index contributed by atoms with van der Waals surface area (Å²) in [6.07, 6.45) is 1.31. The molecular weight excluding hydrogens is 529 g/mol. The molecule has 0 aliphatic heterocycles. The zero-order chi connectivity index (χ0) is 25.9. The number of hydrogen-bond donors (Lipinski definition) is 1. The number of methoxy groups -OCH3 is 1. The summed E-state index contributed by atoms with van der Waals surface area (Å²) in [6, 6.07) is 10.6. The first kappa shape index (κ1) is 25.3. The second-order valence-corrected chi connectivity index (χ2v) is 9.59. The molecular formula is C23H17Cl2N5O5S. The van der Waals surface area contributed by atoms with Crippen LogP contribution in [-0.4, -0.2) is 40.0 Å². The minimum absolute atomic E-state index is 0.00185. The van der Waals surface area contributed by atoms with Crippen molar-refractivity contribution in [3.63, 3.8) is 0 Å². The normalized spacial score (nSPS) is 13.2. The summed E-state index contributed by atoms with van der Waals surface area (Å²) < 4.78 is 7.12. The summed E-state index contributed by atoms with van der Waals surface area (Å²) in [7, 11) is 1.42. The molecule has 1 aliphatic carbocycles. The van der Waals surface area contributed by atoms with Gasteiger partial charge in [-0.1, -0.05) is 35.0 Å².